The van der Waals surface area contributed by atoms with Crippen molar-refractivity contribution in [1.82, 2.24) is 15.5 Å². The first-order valence-corrected chi connectivity index (χ1v) is 4.15. The lowest BCUT2D eigenvalue weighted by atomic mass is 10.0. The minimum atomic E-state index is 0.501. The molecule has 12 heavy (non-hydrogen) atoms. The van der Waals surface area contributed by atoms with Gasteiger partial charge in [-0.2, -0.15) is 10.2 Å². The smallest absolute Gasteiger partial charge is 0.0726 e. The van der Waals surface area contributed by atoms with E-state index in [-0.39, 0.29) is 0 Å². The average Bonchev–Trinajstić information content (AvgIpc) is 2.56. The summed E-state index contributed by atoms with van der Waals surface area (Å²) in [4.78, 5) is 0. The third-order valence-corrected chi connectivity index (χ3v) is 2.17. The van der Waals surface area contributed by atoms with E-state index < -0.39 is 0 Å². The summed E-state index contributed by atoms with van der Waals surface area (Å²) < 4.78 is 0. The highest BCUT2D eigenvalue weighted by atomic mass is 15.1. The Balaban J connectivity index is 2.21. The van der Waals surface area contributed by atoms with E-state index in [1.807, 2.05) is 6.07 Å². The number of nitrogen functional groups attached to an aromatic ring is 1. The second-order valence-corrected chi connectivity index (χ2v) is 3.10. The summed E-state index contributed by atoms with van der Waals surface area (Å²) in [7, 11) is 0. The molecule has 1 aromatic rings. The van der Waals surface area contributed by atoms with E-state index in [9.17, 15) is 0 Å². The Kier molecular flexibility index (Phi) is 1.91. The molecule has 4 nitrogen and oxygen atoms in total. The van der Waals surface area contributed by atoms with Gasteiger partial charge in [0.1, 0.15) is 0 Å². The number of rotatable bonds is 1. The van der Waals surface area contributed by atoms with Crippen molar-refractivity contribution in [3.8, 4) is 0 Å². The summed E-state index contributed by atoms with van der Waals surface area (Å²) in [5.74, 6) is 0.501. The molecular formula is C8H12N4. The first-order chi connectivity index (χ1) is 5.86. The topological polar surface area (TPSA) is 63.8 Å². The van der Waals surface area contributed by atoms with Crippen LogP contribution in [0.25, 0.3) is 0 Å². The molecule has 0 radical (unpaired) electrons. The normalized spacial score (nSPS) is 22.8. The predicted octanol–water partition coefficient (Wildman–Crippen LogP) is 0.136. The van der Waals surface area contributed by atoms with E-state index in [1.165, 1.54) is 0 Å². The van der Waals surface area contributed by atoms with Gasteiger partial charge in [0.05, 0.1) is 17.6 Å². The molecule has 2 rings (SSSR count). The summed E-state index contributed by atoms with van der Waals surface area (Å²) >= 11 is 0. The zero-order valence-corrected chi connectivity index (χ0v) is 6.83. The lowest BCUT2D eigenvalue weighted by molar-refractivity contribution is 0.715. The Morgan fingerprint density at radius 1 is 1.58 bits per heavy atom. The van der Waals surface area contributed by atoms with Gasteiger partial charge in [-0.25, -0.2) is 0 Å². The first-order valence-electron chi connectivity index (χ1n) is 4.15. The molecule has 0 amide bonds. The Bertz CT molecular complexity index is 268. The molecule has 0 aliphatic carbocycles. The molecule has 0 bridgehead atoms. The molecule has 1 atom stereocenters. The number of hydrogen-bond donors (Lipinski definition) is 2. The van der Waals surface area contributed by atoms with Crippen molar-refractivity contribution in [2.75, 3.05) is 18.8 Å². The Morgan fingerprint density at radius 2 is 2.50 bits per heavy atom. The monoisotopic (exact) mass is 164 g/mol. The Labute approximate surface area is 71.2 Å². The lowest BCUT2D eigenvalue weighted by Gasteiger charge is -2.05. The molecule has 1 aromatic heterocycles. The van der Waals surface area contributed by atoms with Gasteiger partial charge in [0.2, 0.25) is 0 Å². The van der Waals surface area contributed by atoms with Gasteiger partial charge in [-0.05, 0) is 19.0 Å². The maximum absolute atomic E-state index is 5.60. The van der Waals surface area contributed by atoms with Crippen LogP contribution in [0.1, 0.15) is 18.0 Å². The molecule has 0 spiro atoms. The second kappa shape index (κ2) is 3.06. The molecule has 1 saturated heterocycles. The quantitative estimate of drug-likeness (QED) is 0.619. The van der Waals surface area contributed by atoms with Crippen LogP contribution in [0, 0.1) is 0 Å². The van der Waals surface area contributed by atoms with Gasteiger partial charge in [-0.15, -0.1) is 0 Å². The van der Waals surface area contributed by atoms with Crippen LogP contribution in [-0.4, -0.2) is 23.3 Å². The third-order valence-electron chi connectivity index (χ3n) is 2.17. The SMILES string of the molecule is Nc1cnnc(C2CCNC2)c1. The number of aromatic nitrogens is 2. The van der Waals surface area contributed by atoms with E-state index in [2.05, 4.69) is 15.5 Å². The van der Waals surface area contributed by atoms with Crippen molar-refractivity contribution in [3.63, 3.8) is 0 Å². The largest absolute Gasteiger partial charge is 0.397 e. The fourth-order valence-electron chi connectivity index (χ4n) is 1.51. The Hall–Kier alpha value is -1.16. The number of anilines is 1. The van der Waals surface area contributed by atoms with Crippen LogP contribution in [0.4, 0.5) is 5.69 Å². The highest BCUT2D eigenvalue weighted by molar-refractivity contribution is 5.35. The van der Waals surface area contributed by atoms with Crippen LogP contribution in [-0.2, 0) is 0 Å². The van der Waals surface area contributed by atoms with E-state index in [0.29, 0.717) is 11.6 Å². The van der Waals surface area contributed by atoms with E-state index in [1.54, 1.807) is 6.20 Å². The van der Waals surface area contributed by atoms with Gasteiger partial charge < -0.3 is 11.1 Å². The summed E-state index contributed by atoms with van der Waals surface area (Å²) in [6.07, 6.45) is 2.71. The molecule has 1 aliphatic heterocycles. The van der Waals surface area contributed by atoms with Gasteiger partial charge in [-0.3, -0.25) is 0 Å². The van der Waals surface area contributed by atoms with Crippen molar-refractivity contribution in [2.24, 2.45) is 0 Å². The first kappa shape index (κ1) is 7.49. The highest BCUT2D eigenvalue weighted by Gasteiger charge is 2.17. The Morgan fingerprint density at radius 3 is 3.17 bits per heavy atom. The predicted molar refractivity (Wildman–Crippen MR) is 46.7 cm³/mol. The number of hydrogen-bond acceptors (Lipinski definition) is 4. The van der Waals surface area contributed by atoms with Gasteiger partial charge in [0, 0.05) is 12.5 Å². The maximum Gasteiger partial charge on any atom is 0.0726 e. The molecule has 1 fully saturated rings. The van der Waals surface area contributed by atoms with Gasteiger partial charge >= 0.3 is 0 Å². The fourth-order valence-corrected chi connectivity index (χ4v) is 1.51. The minimum absolute atomic E-state index is 0.501. The molecule has 0 aromatic carbocycles. The van der Waals surface area contributed by atoms with Crippen molar-refractivity contribution in [2.45, 2.75) is 12.3 Å². The molecular weight excluding hydrogens is 152 g/mol. The minimum Gasteiger partial charge on any atom is -0.397 e. The standard InChI is InChI=1S/C8H12N4/c9-7-3-8(12-11-5-7)6-1-2-10-4-6/h3,5-6,10H,1-2,4H2,(H2,9,12). The van der Waals surface area contributed by atoms with Gasteiger partial charge in [0.25, 0.3) is 0 Å². The van der Waals surface area contributed by atoms with Crippen LogP contribution in [0.2, 0.25) is 0 Å². The summed E-state index contributed by atoms with van der Waals surface area (Å²) in [6.45, 7) is 2.07. The second-order valence-electron chi connectivity index (χ2n) is 3.10. The van der Waals surface area contributed by atoms with Crippen LogP contribution >= 0.6 is 0 Å². The average molecular weight is 164 g/mol. The van der Waals surface area contributed by atoms with Crippen molar-refractivity contribution in [3.05, 3.63) is 18.0 Å². The van der Waals surface area contributed by atoms with E-state index in [4.69, 9.17) is 5.73 Å². The fraction of sp³-hybridized carbons (Fsp3) is 0.500. The maximum atomic E-state index is 5.60. The molecule has 4 heteroatoms. The molecule has 0 saturated carbocycles. The molecule has 3 N–H and O–H groups in total. The van der Waals surface area contributed by atoms with Crippen LogP contribution < -0.4 is 11.1 Å². The molecule has 1 unspecified atom stereocenters. The van der Waals surface area contributed by atoms with Crippen LogP contribution in [0.5, 0.6) is 0 Å². The summed E-state index contributed by atoms with van der Waals surface area (Å²) in [5.41, 5.74) is 7.32. The van der Waals surface area contributed by atoms with Crippen molar-refractivity contribution < 1.29 is 0 Å². The zero-order valence-electron chi connectivity index (χ0n) is 6.83. The number of nitrogens with zero attached hydrogens (tertiary/aromatic N) is 2. The summed E-state index contributed by atoms with van der Waals surface area (Å²) in [6, 6.07) is 1.91. The zero-order chi connectivity index (χ0) is 8.39. The highest BCUT2D eigenvalue weighted by Crippen LogP contribution is 2.20. The van der Waals surface area contributed by atoms with E-state index >= 15 is 0 Å². The molecule has 64 valence electrons. The molecule has 2 heterocycles. The van der Waals surface area contributed by atoms with Gasteiger partial charge in [-0.1, -0.05) is 0 Å². The molecule has 1 aliphatic rings. The third kappa shape index (κ3) is 1.38. The summed E-state index contributed by atoms with van der Waals surface area (Å²) in [5, 5.41) is 11.2. The number of nitrogens with one attached hydrogen (secondary N) is 1. The van der Waals surface area contributed by atoms with E-state index in [0.717, 1.165) is 25.2 Å². The van der Waals surface area contributed by atoms with Crippen molar-refractivity contribution >= 4 is 5.69 Å². The number of nitrogens with two attached hydrogens (primary N) is 1. The van der Waals surface area contributed by atoms with Crippen LogP contribution in [0.15, 0.2) is 12.3 Å². The van der Waals surface area contributed by atoms with Gasteiger partial charge in [0.15, 0.2) is 0 Å². The van der Waals surface area contributed by atoms with Crippen LogP contribution in [0.3, 0.4) is 0 Å². The van der Waals surface area contributed by atoms with Crippen molar-refractivity contribution in [1.29, 1.82) is 0 Å². The lowest BCUT2D eigenvalue weighted by Crippen LogP contribution is -2.09.